The molecule has 0 aromatic heterocycles. The van der Waals surface area contributed by atoms with Gasteiger partial charge in [0.15, 0.2) is 5.78 Å². The van der Waals surface area contributed by atoms with Crippen molar-refractivity contribution < 1.29 is 24.0 Å². The molecule has 1 fully saturated rings. The van der Waals surface area contributed by atoms with Crippen LogP contribution in [0.15, 0.2) is 40.5 Å². The highest BCUT2D eigenvalue weighted by atomic mass is 16.6. The third kappa shape index (κ3) is 3.92. The predicted molar refractivity (Wildman–Crippen MR) is 108 cm³/mol. The van der Waals surface area contributed by atoms with E-state index < -0.39 is 22.7 Å². The van der Waals surface area contributed by atoms with Crippen molar-refractivity contribution in [3.05, 3.63) is 51.2 Å². The Morgan fingerprint density at radius 2 is 2.17 bits per heavy atom. The standard InChI is InChI=1S/C22H24N2O6/c1-13-19(22(26)30-12-16-7-4-10-29-16)20(14-5-2-6-15(11-14)24(27)28)21-17(23-13)8-3-9-18(21)25/h2,5-6,11,16,19-20H,3-4,7-10,12H2,1H3/t16-,19?,20-/m1/s1. The van der Waals surface area contributed by atoms with Crippen LogP contribution in [-0.2, 0) is 19.1 Å². The Balaban J connectivity index is 1.71. The number of non-ortho nitro benzene ring substituents is 1. The number of nitrogens with zero attached hydrogens (tertiary/aromatic N) is 2. The molecule has 1 unspecified atom stereocenters. The lowest BCUT2D eigenvalue weighted by molar-refractivity contribution is -0.384. The van der Waals surface area contributed by atoms with E-state index in [4.69, 9.17) is 9.47 Å². The summed E-state index contributed by atoms with van der Waals surface area (Å²) in [6.45, 7) is 2.57. The Labute approximate surface area is 174 Å². The first-order chi connectivity index (χ1) is 14.5. The Morgan fingerprint density at radius 1 is 1.33 bits per heavy atom. The van der Waals surface area contributed by atoms with Gasteiger partial charge in [0.05, 0.1) is 11.0 Å². The van der Waals surface area contributed by atoms with Crippen LogP contribution < -0.4 is 0 Å². The molecule has 3 aliphatic rings. The lowest BCUT2D eigenvalue weighted by Gasteiger charge is -2.34. The van der Waals surface area contributed by atoms with Crippen molar-refractivity contribution in [1.82, 2.24) is 0 Å². The summed E-state index contributed by atoms with van der Waals surface area (Å²) in [7, 11) is 0. The quantitative estimate of drug-likeness (QED) is 0.416. The lowest BCUT2D eigenvalue weighted by Crippen LogP contribution is -2.38. The number of carbonyl (C=O) groups is 2. The molecule has 0 bridgehead atoms. The van der Waals surface area contributed by atoms with Gasteiger partial charge in [0.25, 0.3) is 5.69 Å². The SMILES string of the molecule is CC1=NC2=C(C(=O)CCC2)[C@H](c2cccc([N+](=O)[O-])c2)C1C(=O)OC[C@H]1CCCO1. The van der Waals surface area contributed by atoms with E-state index >= 15 is 0 Å². The summed E-state index contributed by atoms with van der Waals surface area (Å²) in [4.78, 5) is 41.4. The fraction of sp³-hybridized carbons (Fsp3) is 0.500. The minimum absolute atomic E-state index is 0.0547. The van der Waals surface area contributed by atoms with Gasteiger partial charge in [0.1, 0.15) is 12.5 Å². The number of ketones is 1. The monoisotopic (exact) mass is 412 g/mol. The molecular formula is C22H24N2O6. The van der Waals surface area contributed by atoms with E-state index in [0.29, 0.717) is 48.4 Å². The van der Waals surface area contributed by atoms with Crippen LogP contribution in [0.4, 0.5) is 5.69 Å². The molecule has 30 heavy (non-hydrogen) atoms. The number of Topliss-reactive ketones (excluding diaryl/α,β-unsaturated/α-hetero) is 1. The van der Waals surface area contributed by atoms with E-state index in [9.17, 15) is 19.7 Å². The largest absolute Gasteiger partial charge is 0.462 e. The average molecular weight is 412 g/mol. The van der Waals surface area contributed by atoms with Crippen LogP contribution in [0.3, 0.4) is 0 Å². The number of allylic oxidation sites excluding steroid dienone is 2. The zero-order valence-electron chi connectivity index (χ0n) is 16.8. The minimum Gasteiger partial charge on any atom is -0.462 e. The Morgan fingerprint density at radius 3 is 2.90 bits per heavy atom. The maximum absolute atomic E-state index is 13.1. The van der Waals surface area contributed by atoms with Crippen LogP contribution in [-0.4, -0.2) is 41.7 Å². The number of hydrogen-bond acceptors (Lipinski definition) is 7. The first-order valence-electron chi connectivity index (χ1n) is 10.3. The van der Waals surface area contributed by atoms with E-state index in [1.807, 2.05) is 0 Å². The Bertz CT molecular complexity index is 945. The van der Waals surface area contributed by atoms with E-state index in [0.717, 1.165) is 12.8 Å². The van der Waals surface area contributed by atoms with E-state index in [2.05, 4.69) is 4.99 Å². The van der Waals surface area contributed by atoms with Gasteiger partial charge >= 0.3 is 5.97 Å². The van der Waals surface area contributed by atoms with Crippen LogP contribution in [0.1, 0.15) is 50.5 Å². The summed E-state index contributed by atoms with van der Waals surface area (Å²) >= 11 is 0. The van der Waals surface area contributed by atoms with Crippen molar-refractivity contribution in [3.8, 4) is 0 Å². The maximum Gasteiger partial charge on any atom is 0.315 e. The van der Waals surface area contributed by atoms with Crippen LogP contribution in [0.5, 0.6) is 0 Å². The molecule has 1 aromatic rings. The second-order valence-electron chi connectivity index (χ2n) is 7.96. The minimum atomic E-state index is -0.797. The van der Waals surface area contributed by atoms with Crippen molar-refractivity contribution in [2.75, 3.05) is 13.2 Å². The number of nitro benzene ring substituents is 1. The van der Waals surface area contributed by atoms with Crippen LogP contribution in [0.2, 0.25) is 0 Å². The topological polar surface area (TPSA) is 108 Å². The third-order valence-corrected chi connectivity index (χ3v) is 5.96. The summed E-state index contributed by atoms with van der Waals surface area (Å²) in [6.07, 6.45) is 3.42. The molecule has 8 heteroatoms. The molecule has 8 nitrogen and oxygen atoms in total. The van der Waals surface area contributed by atoms with E-state index in [-0.39, 0.29) is 24.2 Å². The maximum atomic E-state index is 13.1. The summed E-state index contributed by atoms with van der Waals surface area (Å²) in [5.41, 5.74) is 2.22. The molecule has 158 valence electrons. The second-order valence-corrected chi connectivity index (χ2v) is 7.96. The van der Waals surface area contributed by atoms with Crippen molar-refractivity contribution >= 4 is 23.2 Å². The van der Waals surface area contributed by atoms with E-state index in [1.54, 1.807) is 19.1 Å². The summed E-state index contributed by atoms with van der Waals surface area (Å²) in [5, 5.41) is 11.3. The van der Waals surface area contributed by atoms with Gasteiger partial charge in [-0.2, -0.15) is 0 Å². The fourth-order valence-electron chi connectivity index (χ4n) is 4.54. The molecule has 4 rings (SSSR count). The number of esters is 1. The van der Waals surface area contributed by atoms with Crippen LogP contribution in [0, 0.1) is 16.0 Å². The number of ether oxygens (including phenoxy) is 2. The highest BCUT2D eigenvalue weighted by molar-refractivity contribution is 6.08. The Hall–Kier alpha value is -2.87. The molecule has 1 aliphatic carbocycles. The number of aliphatic imine (C=N–C) groups is 1. The summed E-state index contributed by atoms with van der Waals surface area (Å²) in [5.74, 6) is -1.97. The lowest BCUT2D eigenvalue weighted by atomic mass is 9.71. The van der Waals surface area contributed by atoms with Gasteiger partial charge in [-0.05, 0) is 38.2 Å². The number of rotatable bonds is 5. The average Bonchev–Trinajstić information content (AvgIpc) is 3.25. The smallest absolute Gasteiger partial charge is 0.315 e. The van der Waals surface area contributed by atoms with Gasteiger partial charge in [-0.15, -0.1) is 0 Å². The van der Waals surface area contributed by atoms with Gasteiger partial charge in [-0.1, -0.05) is 12.1 Å². The van der Waals surface area contributed by atoms with Gasteiger partial charge in [0.2, 0.25) is 0 Å². The molecule has 2 aliphatic heterocycles. The predicted octanol–water partition coefficient (Wildman–Crippen LogP) is 3.50. The zero-order valence-corrected chi connectivity index (χ0v) is 16.8. The Kier molecular flexibility index (Phi) is 5.76. The molecule has 3 atom stereocenters. The number of carbonyl (C=O) groups excluding carboxylic acids is 2. The molecular weight excluding hydrogens is 388 g/mol. The van der Waals surface area contributed by atoms with Crippen molar-refractivity contribution in [2.24, 2.45) is 10.9 Å². The molecule has 1 saturated heterocycles. The molecule has 1 aromatic carbocycles. The molecule has 0 spiro atoms. The van der Waals surface area contributed by atoms with Crippen LogP contribution in [0.25, 0.3) is 0 Å². The van der Waals surface area contributed by atoms with Gasteiger partial charge < -0.3 is 9.47 Å². The van der Waals surface area contributed by atoms with E-state index in [1.165, 1.54) is 12.1 Å². The van der Waals surface area contributed by atoms with Gasteiger partial charge in [0, 0.05) is 48.1 Å². The first kappa shape index (κ1) is 20.4. The summed E-state index contributed by atoms with van der Waals surface area (Å²) < 4.78 is 11.1. The van der Waals surface area contributed by atoms with Gasteiger partial charge in [-0.25, -0.2) is 0 Å². The first-order valence-corrected chi connectivity index (χ1v) is 10.3. The van der Waals surface area contributed by atoms with Crippen molar-refractivity contribution in [1.29, 1.82) is 0 Å². The van der Waals surface area contributed by atoms with Crippen molar-refractivity contribution in [2.45, 2.75) is 51.0 Å². The number of nitro groups is 1. The summed E-state index contributed by atoms with van der Waals surface area (Å²) in [6, 6.07) is 6.14. The molecule has 0 saturated carbocycles. The highest BCUT2D eigenvalue weighted by Crippen LogP contribution is 2.44. The normalized spacial score (nSPS) is 26.2. The molecule has 0 radical (unpaired) electrons. The zero-order chi connectivity index (χ0) is 21.3. The van der Waals surface area contributed by atoms with Crippen LogP contribution >= 0.6 is 0 Å². The molecule has 2 heterocycles. The number of hydrogen-bond donors (Lipinski definition) is 0. The molecule has 0 amide bonds. The van der Waals surface area contributed by atoms with Crippen molar-refractivity contribution in [3.63, 3.8) is 0 Å². The van der Waals surface area contributed by atoms with Gasteiger partial charge in [-0.3, -0.25) is 24.7 Å². The number of benzene rings is 1. The fourth-order valence-corrected chi connectivity index (χ4v) is 4.54. The molecule has 0 N–H and O–H groups in total. The highest BCUT2D eigenvalue weighted by Gasteiger charge is 2.43. The second kappa shape index (κ2) is 8.47. The third-order valence-electron chi connectivity index (χ3n) is 5.96.